The number of hydrogen-bond acceptors (Lipinski definition) is 1. The lowest BCUT2D eigenvalue weighted by molar-refractivity contribution is 0.599. The molecular weight excluding hydrogens is 241 g/mol. The highest BCUT2D eigenvalue weighted by molar-refractivity contribution is 6.35. The van der Waals surface area contributed by atoms with E-state index < -0.39 is 0 Å². The molecule has 0 amide bonds. The van der Waals surface area contributed by atoms with Gasteiger partial charge < -0.3 is 5.32 Å². The summed E-state index contributed by atoms with van der Waals surface area (Å²) in [5.41, 5.74) is 1.13. The van der Waals surface area contributed by atoms with Crippen molar-refractivity contribution in [3.8, 4) is 0 Å². The Hall–Kier alpha value is -0.240. The molecule has 1 aromatic carbocycles. The third-order valence-corrected chi connectivity index (χ3v) is 3.74. The van der Waals surface area contributed by atoms with Gasteiger partial charge in [-0.3, -0.25) is 0 Å². The predicted molar refractivity (Wildman–Crippen MR) is 70.1 cm³/mol. The Bertz CT molecular complexity index is 365. The van der Waals surface area contributed by atoms with Gasteiger partial charge in [-0.15, -0.1) is 0 Å². The molecule has 1 saturated carbocycles. The molecule has 1 aliphatic rings. The molecule has 1 aromatic rings. The number of hydrogen-bond donors (Lipinski definition) is 1. The van der Waals surface area contributed by atoms with Gasteiger partial charge in [-0.05, 0) is 36.5 Å². The number of halogens is 2. The summed E-state index contributed by atoms with van der Waals surface area (Å²) in [6.07, 6.45) is 3.94. The van der Waals surface area contributed by atoms with E-state index in [0.29, 0.717) is 11.1 Å². The van der Waals surface area contributed by atoms with Crippen LogP contribution in [0.1, 0.15) is 31.7 Å². The first-order valence-electron chi connectivity index (χ1n) is 5.88. The van der Waals surface area contributed by atoms with Crippen molar-refractivity contribution >= 4 is 23.2 Å². The SMILES string of the molecule is CCCC1CC1NCc1ccc(Cl)cc1Cl. The fraction of sp³-hybridized carbons (Fsp3) is 0.538. The third-order valence-electron chi connectivity index (χ3n) is 3.15. The molecule has 0 bridgehead atoms. The molecule has 0 saturated heterocycles. The highest BCUT2D eigenvalue weighted by Gasteiger charge is 2.35. The van der Waals surface area contributed by atoms with Crippen molar-refractivity contribution in [1.29, 1.82) is 0 Å². The number of nitrogens with one attached hydrogen (secondary N) is 1. The zero-order chi connectivity index (χ0) is 11.5. The molecular formula is C13H17Cl2N. The van der Waals surface area contributed by atoms with Crippen LogP contribution in [0.5, 0.6) is 0 Å². The summed E-state index contributed by atoms with van der Waals surface area (Å²) >= 11 is 12.0. The maximum absolute atomic E-state index is 6.11. The van der Waals surface area contributed by atoms with Crippen LogP contribution < -0.4 is 5.32 Å². The second-order valence-electron chi connectivity index (χ2n) is 4.51. The Morgan fingerprint density at radius 1 is 1.38 bits per heavy atom. The average Bonchev–Trinajstić information content (AvgIpc) is 2.96. The van der Waals surface area contributed by atoms with Gasteiger partial charge in [0.05, 0.1) is 0 Å². The molecule has 0 aromatic heterocycles. The average molecular weight is 258 g/mol. The maximum atomic E-state index is 6.11. The van der Waals surface area contributed by atoms with Gasteiger partial charge in [0.25, 0.3) is 0 Å². The highest BCUT2D eigenvalue weighted by Crippen LogP contribution is 2.35. The van der Waals surface area contributed by atoms with E-state index in [2.05, 4.69) is 12.2 Å². The lowest BCUT2D eigenvalue weighted by Crippen LogP contribution is -2.17. The quantitative estimate of drug-likeness (QED) is 0.831. The Balaban J connectivity index is 1.82. The summed E-state index contributed by atoms with van der Waals surface area (Å²) in [6, 6.07) is 6.39. The van der Waals surface area contributed by atoms with Crippen LogP contribution >= 0.6 is 23.2 Å². The molecule has 0 heterocycles. The van der Waals surface area contributed by atoms with E-state index in [1.807, 2.05) is 12.1 Å². The summed E-state index contributed by atoms with van der Waals surface area (Å²) in [5.74, 6) is 0.885. The minimum atomic E-state index is 0.698. The number of rotatable bonds is 5. The third kappa shape index (κ3) is 3.13. The molecule has 3 heteroatoms. The smallest absolute Gasteiger partial charge is 0.0465 e. The Morgan fingerprint density at radius 3 is 2.88 bits per heavy atom. The van der Waals surface area contributed by atoms with Crippen molar-refractivity contribution < 1.29 is 0 Å². The minimum absolute atomic E-state index is 0.698. The zero-order valence-corrected chi connectivity index (χ0v) is 11.0. The molecule has 0 radical (unpaired) electrons. The Kier molecular flexibility index (Phi) is 4.12. The van der Waals surface area contributed by atoms with E-state index in [1.165, 1.54) is 19.3 Å². The van der Waals surface area contributed by atoms with E-state index in [4.69, 9.17) is 23.2 Å². The van der Waals surface area contributed by atoms with E-state index >= 15 is 0 Å². The Morgan fingerprint density at radius 2 is 2.19 bits per heavy atom. The van der Waals surface area contributed by atoms with Gasteiger partial charge in [-0.2, -0.15) is 0 Å². The van der Waals surface area contributed by atoms with Crippen LogP contribution in [-0.4, -0.2) is 6.04 Å². The summed E-state index contributed by atoms with van der Waals surface area (Å²) < 4.78 is 0. The Labute approximate surface area is 107 Å². The first kappa shape index (κ1) is 12.2. The topological polar surface area (TPSA) is 12.0 Å². The molecule has 1 nitrogen and oxygen atoms in total. The van der Waals surface area contributed by atoms with Gasteiger partial charge in [0.2, 0.25) is 0 Å². The minimum Gasteiger partial charge on any atom is -0.310 e. The van der Waals surface area contributed by atoms with Crippen LogP contribution in [0, 0.1) is 5.92 Å². The van der Waals surface area contributed by atoms with E-state index in [1.54, 1.807) is 6.07 Å². The fourth-order valence-electron chi connectivity index (χ4n) is 2.09. The van der Waals surface area contributed by atoms with Gasteiger partial charge in [-0.1, -0.05) is 42.6 Å². The molecule has 1 aliphatic carbocycles. The lowest BCUT2D eigenvalue weighted by atomic mass is 10.2. The molecule has 88 valence electrons. The van der Waals surface area contributed by atoms with Gasteiger partial charge in [-0.25, -0.2) is 0 Å². The van der Waals surface area contributed by atoms with Crippen molar-refractivity contribution in [2.24, 2.45) is 5.92 Å². The van der Waals surface area contributed by atoms with Crippen molar-refractivity contribution in [3.63, 3.8) is 0 Å². The molecule has 16 heavy (non-hydrogen) atoms. The summed E-state index contributed by atoms with van der Waals surface area (Å²) in [7, 11) is 0. The van der Waals surface area contributed by atoms with Crippen LogP contribution in [0.2, 0.25) is 10.0 Å². The lowest BCUT2D eigenvalue weighted by Gasteiger charge is -2.06. The summed E-state index contributed by atoms with van der Waals surface area (Å²) in [5, 5.41) is 5.00. The molecule has 2 unspecified atom stereocenters. The standard InChI is InChI=1S/C13H17Cl2N/c1-2-3-9-6-13(9)16-8-10-4-5-11(14)7-12(10)15/h4-5,7,9,13,16H,2-3,6,8H2,1H3. The van der Waals surface area contributed by atoms with Crippen molar-refractivity contribution in [2.75, 3.05) is 0 Å². The molecule has 2 atom stereocenters. The van der Waals surface area contributed by atoms with Crippen LogP contribution in [0.3, 0.4) is 0 Å². The first-order valence-corrected chi connectivity index (χ1v) is 6.63. The highest BCUT2D eigenvalue weighted by atomic mass is 35.5. The number of benzene rings is 1. The second-order valence-corrected chi connectivity index (χ2v) is 5.35. The molecule has 1 N–H and O–H groups in total. The maximum Gasteiger partial charge on any atom is 0.0465 e. The van der Waals surface area contributed by atoms with E-state index in [-0.39, 0.29) is 0 Å². The monoisotopic (exact) mass is 257 g/mol. The fourth-order valence-corrected chi connectivity index (χ4v) is 2.57. The van der Waals surface area contributed by atoms with Crippen LogP contribution in [0.4, 0.5) is 0 Å². The second kappa shape index (κ2) is 5.39. The van der Waals surface area contributed by atoms with E-state index in [0.717, 1.165) is 23.0 Å². The summed E-state index contributed by atoms with van der Waals surface area (Å²) in [4.78, 5) is 0. The van der Waals surface area contributed by atoms with E-state index in [9.17, 15) is 0 Å². The molecule has 2 rings (SSSR count). The van der Waals surface area contributed by atoms with Crippen molar-refractivity contribution in [2.45, 2.75) is 38.8 Å². The molecule has 0 spiro atoms. The van der Waals surface area contributed by atoms with Crippen molar-refractivity contribution in [3.05, 3.63) is 33.8 Å². The van der Waals surface area contributed by atoms with Gasteiger partial charge >= 0.3 is 0 Å². The molecule has 0 aliphatic heterocycles. The first-order chi connectivity index (χ1) is 7.70. The van der Waals surface area contributed by atoms with Gasteiger partial charge in [0, 0.05) is 22.6 Å². The van der Waals surface area contributed by atoms with Crippen LogP contribution in [0.25, 0.3) is 0 Å². The largest absolute Gasteiger partial charge is 0.310 e. The normalized spacial score (nSPS) is 23.4. The van der Waals surface area contributed by atoms with Crippen molar-refractivity contribution in [1.82, 2.24) is 5.32 Å². The van der Waals surface area contributed by atoms with Crippen LogP contribution in [0.15, 0.2) is 18.2 Å². The predicted octanol–water partition coefficient (Wildman–Crippen LogP) is 4.27. The van der Waals surface area contributed by atoms with Gasteiger partial charge in [0.1, 0.15) is 0 Å². The van der Waals surface area contributed by atoms with Gasteiger partial charge in [0.15, 0.2) is 0 Å². The summed E-state index contributed by atoms with van der Waals surface area (Å²) in [6.45, 7) is 3.09. The van der Waals surface area contributed by atoms with Crippen LogP contribution in [-0.2, 0) is 6.54 Å². The molecule has 1 fully saturated rings. The zero-order valence-electron chi connectivity index (χ0n) is 9.47.